The van der Waals surface area contributed by atoms with E-state index in [9.17, 15) is 5.11 Å². The van der Waals surface area contributed by atoms with Crippen LogP contribution in [0.4, 0.5) is 0 Å². The number of methoxy groups -OCH3 is 1. The summed E-state index contributed by atoms with van der Waals surface area (Å²) >= 11 is 3.50. The van der Waals surface area contributed by atoms with Gasteiger partial charge in [-0.2, -0.15) is 5.10 Å². The van der Waals surface area contributed by atoms with Gasteiger partial charge in [-0.3, -0.25) is 4.68 Å². The molecule has 0 aliphatic rings. The summed E-state index contributed by atoms with van der Waals surface area (Å²) in [5.74, 6) is 0. The molecule has 0 aliphatic heterocycles. The van der Waals surface area contributed by atoms with Gasteiger partial charge in [-0.15, -0.1) is 0 Å². The fraction of sp³-hybridized carbons (Fsp3) is 0.750. The summed E-state index contributed by atoms with van der Waals surface area (Å²) in [5.41, 5.74) is 2.00. The van der Waals surface area contributed by atoms with Crippen molar-refractivity contribution in [2.75, 3.05) is 7.11 Å². The summed E-state index contributed by atoms with van der Waals surface area (Å²) in [6.45, 7) is 3.96. The molecule has 0 spiro atoms. The van der Waals surface area contributed by atoms with E-state index in [4.69, 9.17) is 4.74 Å². The molecule has 5 heteroatoms. The molecule has 0 bridgehead atoms. The van der Waals surface area contributed by atoms with Crippen molar-refractivity contribution in [3.63, 3.8) is 0 Å². The number of aryl methyl sites for hydroxylation is 2. The van der Waals surface area contributed by atoms with Gasteiger partial charge in [0.2, 0.25) is 0 Å². The zero-order valence-electron chi connectivity index (χ0n) is 10.9. The van der Waals surface area contributed by atoms with E-state index >= 15 is 0 Å². The Morgan fingerprint density at radius 3 is 2.59 bits per heavy atom. The van der Waals surface area contributed by atoms with E-state index in [-0.39, 0.29) is 12.2 Å². The Morgan fingerprint density at radius 2 is 2.12 bits per heavy atom. The van der Waals surface area contributed by atoms with Crippen LogP contribution in [0.3, 0.4) is 0 Å². The highest BCUT2D eigenvalue weighted by molar-refractivity contribution is 9.10. The van der Waals surface area contributed by atoms with Crippen LogP contribution in [0.25, 0.3) is 0 Å². The molecule has 1 heterocycles. The predicted octanol–water partition coefficient (Wildman–Crippen LogP) is 2.21. The zero-order chi connectivity index (χ0) is 13.0. The molecule has 0 aromatic carbocycles. The third kappa shape index (κ3) is 4.08. The maximum absolute atomic E-state index is 9.99. The molecule has 0 aliphatic carbocycles. The molecule has 17 heavy (non-hydrogen) atoms. The van der Waals surface area contributed by atoms with Gasteiger partial charge in [0.05, 0.1) is 28.1 Å². The molecule has 1 rings (SSSR count). The van der Waals surface area contributed by atoms with Gasteiger partial charge in [-0.25, -0.2) is 0 Å². The predicted molar refractivity (Wildman–Crippen MR) is 71.1 cm³/mol. The third-order valence-corrected chi connectivity index (χ3v) is 4.03. The molecule has 0 saturated carbocycles. The molecule has 4 nitrogen and oxygen atoms in total. The molecular formula is C12H21BrN2O2. The molecule has 1 N–H and O–H groups in total. The van der Waals surface area contributed by atoms with Crippen LogP contribution >= 0.6 is 15.9 Å². The van der Waals surface area contributed by atoms with E-state index < -0.39 is 0 Å². The molecule has 2 atom stereocenters. The largest absolute Gasteiger partial charge is 0.393 e. The van der Waals surface area contributed by atoms with Crippen LogP contribution < -0.4 is 0 Å². The van der Waals surface area contributed by atoms with E-state index in [0.29, 0.717) is 6.42 Å². The number of hydrogen-bond donors (Lipinski definition) is 1. The Kier molecular flexibility index (Phi) is 5.62. The van der Waals surface area contributed by atoms with Crippen molar-refractivity contribution in [1.82, 2.24) is 9.78 Å². The van der Waals surface area contributed by atoms with Crippen LogP contribution in [0.5, 0.6) is 0 Å². The van der Waals surface area contributed by atoms with Gasteiger partial charge < -0.3 is 9.84 Å². The molecule has 0 saturated heterocycles. The van der Waals surface area contributed by atoms with Crippen molar-refractivity contribution in [3.05, 3.63) is 15.9 Å². The number of aromatic nitrogens is 2. The topological polar surface area (TPSA) is 47.3 Å². The highest BCUT2D eigenvalue weighted by Gasteiger charge is 2.15. The summed E-state index contributed by atoms with van der Waals surface area (Å²) in [7, 11) is 3.59. The Labute approximate surface area is 111 Å². The molecular weight excluding hydrogens is 284 g/mol. The minimum Gasteiger partial charge on any atom is -0.393 e. The molecule has 0 radical (unpaired) electrons. The zero-order valence-corrected chi connectivity index (χ0v) is 12.5. The summed E-state index contributed by atoms with van der Waals surface area (Å²) in [6, 6.07) is 0. The second-order valence-electron chi connectivity index (χ2n) is 4.45. The molecule has 2 unspecified atom stereocenters. The number of nitrogens with zero attached hydrogens (tertiary/aromatic N) is 2. The lowest BCUT2D eigenvalue weighted by Gasteiger charge is -2.14. The fourth-order valence-electron chi connectivity index (χ4n) is 1.77. The number of halogens is 1. The van der Waals surface area contributed by atoms with Crippen molar-refractivity contribution >= 4 is 15.9 Å². The van der Waals surface area contributed by atoms with Gasteiger partial charge in [0.15, 0.2) is 0 Å². The summed E-state index contributed by atoms with van der Waals surface area (Å²) < 4.78 is 7.99. The average Bonchev–Trinajstić information content (AvgIpc) is 2.53. The molecule has 0 fully saturated rings. The molecule has 1 aromatic rings. The fourth-order valence-corrected chi connectivity index (χ4v) is 2.27. The number of ether oxygens (including phenoxy) is 1. The highest BCUT2D eigenvalue weighted by atomic mass is 79.9. The first-order chi connectivity index (χ1) is 7.95. The second kappa shape index (κ2) is 6.52. The first kappa shape index (κ1) is 14.7. The van der Waals surface area contributed by atoms with Crippen LogP contribution in [0.1, 0.15) is 31.2 Å². The lowest BCUT2D eigenvalue weighted by atomic mass is 10.1. The van der Waals surface area contributed by atoms with Gasteiger partial charge >= 0.3 is 0 Å². The Hall–Kier alpha value is -0.390. The quantitative estimate of drug-likeness (QED) is 0.876. The first-order valence-electron chi connectivity index (χ1n) is 5.84. The first-order valence-corrected chi connectivity index (χ1v) is 6.63. The van der Waals surface area contributed by atoms with E-state index in [1.54, 1.807) is 7.11 Å². The number of hydrogen-bond acceptors (Lipinski definition) is 3. The van der Waals surface area contributed by atoms with Gasteiger partial charge in [0.1, 0.15) is 0 Å². The molecule has 0 amide bonds. The van der Waals surface area contributed by atoms with Crippen LogP contribution in [0, 0.1) is 6.92 Å². The maximum Gasteiger partial charge on any atom is 0.0738 e. The normalized spacial score (nSPS) is 14.9. The maximum atomic E-state index is 9.99. The Balaban J connectivity index is 2.53. The van der Waals surface area contributed by atoms with Crippen LogP contribution in [0.15, 0.2) is 4.47 Å². The summed E-state index contributed by atoms with van der Waals surface area (Å²) in [4.78, 5) is 0. The van der Waals surface area contributed by atoms with Gasteiger partial charge in [-0.05, 0) is 42.6 Å². The lowest BCUT2D eigenvalue weighted by molar-refractivity contribution is 0.0846. The van der Waals surface area contributed by atoms with Crippen molar-refractivity contribution < 1.29 is 9.84 Å². The molecule has 98 valence electrons. The van der Waals surface area contributed by atoms with E-state index in [1.807, 2.05) is 25.6 Å². The standard InChI is InChI=1S/C12H21BrN2O2/c1-8(17-4)5-6-10(16)7-11-12(13)9(2)14-15(11)3/h8,10,16H,5-7H2,1-4H3. The Bertz CT molecular complexity index is 366. The van der Waals surface area contributed by atoms with E-state index in [1.165, 1.54) is 0 Å². The summed E-state index contributed by atoms with van der Waals surface area (Å²) in [5, 5.41) is 14.3. The summed E-state index contributed by atoms with van der Waals surface area (Å²) in [6.07, 6.45) is 2.08. The molecule has 1 aromatic heterocycles. The van der Waals surface area contributed by atoms with Crippen molar-refractivity contribution in [1.29, 1.82) is 0 Å². The SMILES string of the molecule is COC(C)CCC(O)Cc1c(Br)c(C)nn1C. The van der Waals surface area contributed by atoms with Crippen molar-refractivity contribution in [2.24, 2.45) is 7.05 Å². The van der Waals surface area contributed by atoms with E-state index in [2.05, 4.69) is 21.0 Å². The monoisotopic (exact) mass is 304 g/mol. The second-order valence-corrected chi connectivity index (χ2v) is 5.24. The number of aliphatic hydroxyl groups is 1. The number of rotatable bonds is 6. The van der Waals surface area contributed by atoms with Gasteiger partial charge in [-0.1, -0.05) is 0 Å². The van der Waals surface area contributed by atoms with Crippen LogP contribution in [0.2, 0.25) is 0 Å². The van der Waals surface area contributed by atoms with Gasteiger partial charge in [0, 0.05) is 20.6 Å². The van der Waals surface area contributed by atoms with Crippen molar-refractivity contribution in [3.8, 4) is 0 Å². The third-order valence-electron chi connectivity index (χ3n) is 3.00. The lowest BCUT2D eigenvalue weighted by Crippen LogP contribution is -2.16. The number of aliphatic hydroxyl groups excluding tert-OH is 1. The van der Waals surface area contributed by atoms with Crippen molar-refractivity contribution in [2.45, 2.75) is 45.3 Å². The average molecular weight is 305 g/mol. The minimum atomic E-state index is -0.348. The van der Waals surface area contributed by atoms with E-state index in [0.717, 1.165) is 28.7 Å². The minimum absolute atomic E-state index is 0.196. The van der Waals surface area contributed by atoms with Crippen LogP contribution in [-0.2, 0) is 18.2 Å². The highest BCUT2D eigenvalue weighted by Crippen LogP contribution is 2.22. The Morgan fingerprint density at radius 1 is 1.47 bits per heavy atom. The van der Waals surface area contributed by atoms with Crippen LogP contribution in [-0.4, -0.2) is 34.2 Å². The smallest absolute Gasteiger partial charge is 0.0738 e. The van der Waals surface area contributed by atoms with Gasteiger partial charge in [0.25, 0.3) is 0 Å².